The van der Waals surface area contributed by atoms with E-state index in [1.807, 2.05) is 19.9 Å². The van der Waals surface area contributed by atoms with Crippen molar-refractivity contribution < 1.29 is 13.5 Å². The van der Waals surface area contributed by atoms with Crippen molar-refractivity contribution in [2.24, 2.45) is 0 Å². The maximum atomic E-state index is 12.3. The molecule has 1 aromatic rings. The van der Waals surface area contributed by atoms with Gasteiger partial charge in [0.2, 0.25) is 0 Å². The summed E-state index contributed by atoms with van der Waals surface area (Å²) >= 11 is 0. The van der Waals surface area contributed by atoms with E-state index in [4.69, 9.17) is 0 Å². The number of aromatic hydroxyl groups is 1. The molecule has 0 heterocycles. The molecule has 1 aromatic carbocycles. The minimum atomic E-state index is -3.39. The zero-order valence-electron chi connectivity index (χ0n) is 16.2. The summed E-state index contributed by atoms with van der Waals surface area (Å²) in [5, 5.41) is 10.0. The van der Waals surface area contributed by atoms with Crippen LogP contribution >= 0.6 is 0 Å². The van der Waals surface area contributed by atoms with Gasteiger partial charge in [0.15, 0.2) is 0 Å². The second-order valence-electron chi connectivity index (χ2n) is 6.83. The first-order valence-electron chi connectivity index (χ1n) is 9.71. The average molecular weight is 384 g/mol. The van der Waals surface area contributed by atoms with Crippen molar-refractivity contribution in [3.05, 3.63) is 29.3 Å². The van der Waals surface area contributed by atoms with Crippen LogP contribution < -0.4 is 4.72 Å². The highest BCUT2D eigenvalue weighted by Gasteiger charge is 2.26. The summed E-state index contributed by atoms with van der Waals surface area (Å²) < 4.78 is 28.7. The molecule has 0 bridgehead atoms. The number of fused-ring (bicyclic) bond motifs is 1. The second-order valence-corrected chi connectivity index (χ2v) is 8.59. The molecule has 7 heteroatoms. The van der Waals surface area contributed by atoms with Crippen molar-refractivity contribution in [2.75, 3.05) is 32.7 Å². The Morgan fingerprint density at radius 2 is 1.92 bits per heavy atom. The Bertz CT molecular complexity index is 675. The standard InChI is InChI=1S/C19H33N3O3S/c1-4-13-21(14-12-20-26(24,25)22(5-2)6-3)17-10-11-18-16(15-17)8-7-9-19(18)23/h7-9,17,20,23H,4-6,10-15H2,1-3H3. The average Bonchev–Trinajstić information content (AvgIpc) is 2.61. The van der Waals surface area contributed by atoms with E-state index in [1.54, 1.807) is 6.07 Å². The molecular weight excluding hydrogens is 350 g/mol. The number of phenolic OH excluding ortho intramolecular Hbond substituents is 1. The summed E-state index contributed by atoms with van der Waals surface area (Å²) in [6, 6.07) is 6.14. The summed E-state index contributed by atoms with van der Waals surface area (Å²) in [6.45, 7) is 8.87. The quantitative estimate of drug-likeness (QED) is 0.649. The van der Waals surface area contributed by atoms with Crippen LogP contribution in [0.15, 0.2) is 18.2 Å². The minimum Gasteiger partial charge on any atom is -0.508 e. The Balaban J connectivity index is 1.97. The maximum absolute atomic E-state index is 12.3. The zero-order valence-corrected chi connectivity index (χ0v) is 17.1. The van der Waals surface area contributed by atoms with Crippen molar-refractivity contribution in [3.8, 4) is 5.75 Å². The molecule has 0 aliphatic heterocycles. The van der Waals surface area contributed by atoms with Gasteiger partial charge in [-0.2, -0.15) is 12.7 Å². The largest absolute Gasteiger partial charge is 0.508 e. The fourth-order valence-corrected chi connectivity index (χ4v) is 5.03. The van der Waals surface area contributed by atoms with Crippen molar-refractivity contribution >= 4 is 10.2 Å². The minimum absolute atomic E-state index is 0.391. The van der Waals surface area contributed by atoms with Crippen LogP contribution in [0.3, 0.4) is 0 Å². The molecule has 0 saturated heterocycles. The summed E-state index contributed by atoms with van der Waals surface area (Å²) in [6.07, 6.45) is 3.81. The third kappa shape index (κ3) is 5.19. The molecule has 26 heavy (non-hydrogen) atoms. The van der Waals surface area contributed by atoms with Gasteiger partial charge in [-0.1, -0.05) is 32.9 Å². The highest BCUT2D eigenvalue weighted by molar-refractivity contribution is 7.87. The molecule has 1 aliphatic carbocycles. The van der Waals surface area contributed by atoms with E-state index in [2.05, 4.69) is 22.6 Å². The van der Waals surface area contributed by atoms with E-state index in [9.17, 15) is 13.5 Å². The van der Waals surface area contributed by atoms with Gasteiger partial charge in [0.1, 0.15) is 5.75 Å². The number of phenols is 1. The van der Waals surface area contributed by atoms with Crippen LogP contribution in [0, 0.1) is 0 Å². The molecule has 0 spiro atoms. The zero-order chi connectivity index (χ0) is 19.2. The highest BCUT2D eigenvalue weighted by atomic mass is 32.2. The molecule has 0 radical (unpaired) electrons. The lowest BCUT2D eigenvalue weighted by Crippen LogP contribution is -2.46. The molecule has 1 atom stereocenters. The Morgan fingerprint density at radius 1 is 1.19 bits per heavy atom. The lowest BCUT2D eigenvalue weighted by Gasteiger charge is -2.35. The third-order valence-electron chi connectivity index (χ3n) is 5.19. The molecule has 2 N–H and O–H groups in total. The lowest BCUT2D eigenvalue weighted by atomic mass is 9.87. The van der Waals surface area contributed by atoms with Gasteiger partial charge in [0.25, 0.3) is 10.2 Å². The molecule has 0 aromatic heterocycles. The van der Waals surface area contributed by atoms with Crippen molar-refractivity contribution in [1.29, 1.82) is 0 Å². The molecule has 1 unspecified atom stereocenters. The predicted molar refractivity (Wildman–Crippen MR) is 106 cm³/mol. The first-order valence-corrected chi connectivity index (χ1v) is 11.1. The first-order chi connectivity index (χ1) is 12.4. The Hall–Kier alpha value is -1.15. The smallest absolute Gasteiger partial charge is 0.279 e. The van der Waals surface area contributed by atoms with Gasteiger partial charge in [-0.15, -0.1) is 0 Å². The number of hydrogen-bond acceptors (Lipinski definition) is 4. The molecule has 0 amide bonds. The van der Waals surface area contributed by atoms with Gasteiger partial charge in [0.05, 0.1) is 0 Å². The summed E-state index contributed by atoms with van der Waals surface area (Å²) in [4.78, 5) is 2.39. The van der Waals surface area contributed by atoms with E-state index >= 15 is 0 Å². The van der Waals surface area contributed by atoms with Gasteiger partial charge >= 0.3 is 0 Å². The van der Waals surface area contributed by atoms with Gasteiger partial charge in [-0.25, -0.2) is 4.72 Å². The Morgan fingerprint density at radius 3 is 2.58 bits per heavy atom. The van der Waals surface area contributed by atoms with E-state index in [-0.39, 0.29) is 0 Å². The van der Waals surface area contributed by atoms with E-state index in [0.29, 0.717) is 38.0 Å². The molecule has 148 valence electrons. The molecular formula is C19H33N3O3S. The van der Waals surface area contributed by atoms with E-state index < -0.39 is 10.2 Å². The van der Waals surface area contributed by atoms with Crippen LogP contribution in [0.25, 0.3) is 0 Å². The van der Waals surface area contributed by atoms with Crippen LogP contribution in [0.1, 0.15) is 44.7 Å². The van der Waals surface area contributed by atoms with Gasteiger partial charge < -0.3 is 5.11 Å². The maximum Gasteiger partial charge on any atom is 0.279 e. The number of nitrogens with zero attached hydrogens (tertiary/aromatic N) is 2. The molecule has 1 aliphatic rings. The number of nitrogens with one attached hydrogen (secondary N) is 1. The third-order valence-corrected chi connectivity index (χ3v) is 6.95. The van der Waals surface area contributed by atoms with Gasteiger partial charge in [-0.05, 0) is 49.4 Å². The highest BCUT2D eigenvalue weighted by Crippen LogP contribution is 2.30. The van der Waals surface area contributed by atoms with Crippen LogP contribution in [0.4, 0.5) is 0 Å². The topological polar surface area (TPSA) is 72.9 Å². The number of benzene rings is 1. The van der Waals surface area contributed by atoms with Crippen molar-refractivity contribution in [1.82, 2.24) is 13.9 Å². The normalized spacial score (nSPS) is 17.7. The van der Waals surface area contributed by atoms with Gasteiger partial charge in [-0.3, -0.25) is 4.90 Å². The SMILES string of the molecule is CCCN(CCNS(=O)(=O)N(CC)CC)C1CCc2c(O)cccc2C1. The lowest BCUT2D eigenvalue weighted by molar-refractivity contribution is 0.182. The van der Waals surface area contributed by atoms with E-state index in [0.717, 1.165) is 37.8 Å². The van der Waals surface area contributed by atoms with Crippen molar-refractivity contribution in [3.63, 3.8) is 0 Å². The fraction of sp³-hybridized carbons (Fsp3) is 0.684. The van der Waals surface area contributed by atoms with Gasteiger partial charge in [0, 0.05) is 32.2 Å². The molecule has 0 fully saturated rings. The Labute approximate surface area is 158 Å². The van der Waals surface area contributed by atoms with Crippen molar-refractivity contribution in [2.45, 2.75) is 52.5 Å². The fourth-order valence-electron chi connectivity index (χ4n) is 3.82. The summed E-state index contributed by atoms with van der Waals surface area (Å²) in [5.41, 5.74) is 2.29. The monoisotopic (exact) mass is 383 g/mol. The summed E-state index contributed by atoms with van der Waals surface area (Å²) in [5.74, 6) is 0.398. The second kappa shape index (κ2) is 9.69. The number of rotatable bonds is 10. The van der Waals surface area contributed by atoms with Crippen LogP contribution in [-0.4, -0.2) is 61.5 Å². The van der Waals surface area contributed by atoms with Crippen LogP contribution in [0.5, 0.6) is 5.75 Å². The first kappa shape index (κ1) is 21.2. The van der Waals surface area contributed by atoms with Crippen LogP contribution in [0.2, 0.25) is 0 Å². The summed E-state index contributed by atoms with van der Waals surface area (Å²) in [7, 11) is -3.39. The predicted octanol–water partition coefficient (Wildman–Crippen LogP) is 2.14. The molecule has 0 saturated carbocycles. The Kier molecular flexibility index (Phi) is 7.88. The van der Waals surface area contributed by atoms with E-state index in [1.165, 1.54) is 9.87 Å². The molecule has 6 nitrogen and oxygen atoms in total. The number of hydrogen-bond donors (Lipinski definition) is 2. The van der Waals surface area contributed by atoms with Crippen LogP contribution in [-0.2, 0) is 23.1 Å². The molecule has 2 rings (SSSR count).